The summed E-state index contributed by atoms with van der Waals surface area (Å²) in [6.45, 7) is 6.26. The van der Waals surface area contributed by atoms with Gasteiger partial charge in [0, 0.05) is 30.3 Å². The Morgan fingerprint density at radius 3 is 2.84 bits per heavy atom. The van der Waals surface area contributed by atoms with E-state index in [1.54, 1.807) is 0 Å². The van der Waals surface area contributed by atoms with Crippen molar-refractivity contribution in [1.82, 2.24) is 19.2 Å². The second-order valence-electron chi connectivity index (χ2n) is 4.94. The number of aromatic nitrogens is 4. The summed E-state index contributed by atoms with van der Waals surface area (Å²) in [6.07, 6.45) is 7.72. The lowest BCUT2D eigenvalue weighted by Gasteiger charge is -2.06. The normalized spacial score (nSPS) is 11.4. The van der Waals surface area contributed by atoms with Crippen LogP contribution in [0, 0.1) is 6.92 Å². The summed E-state index contributed by atoms with van der Waals surface area (Å²) < 4.78 is 3.99. The van der Waals surface area contributed by atoms with Crippen LogP contribution in [0.3, 0.4) is 0 Å². The number of imidazole rings is 1. The first-order valence-corrected chi connectivity index (χ1v) is 6.39. The Hall–Kier alpha value is -2.30. The summed E-state index contributed by atoms with van der Waals surface area (Å²) in [5.41, 5.74) is 4.01. The topological polar surface area (TPSA) is 47.2 Å². The van der Waals surface area contributed by atoms with Crippen molar-refractivity contribution >= 4 is 17.0 Å². The van der Waals surface area contributed by atoms with Gasteiger partial charge in [-0.3, -0.25) is 4.68 Å². The number of anilines is 2. The molecule has 0 saturated carbocycles. The van der Waals surface area contributed by atoms with Crippen molar-refractivity contribution < 1.29 is 0 Å². The number of hydrogen-bond donors (Lipinski definition) is 1. The third-order valence-corrected chi connectivity index (χ3v) is 3.13. The second-order valence-corrected chi connectivity index (χ2v) is 4.94. The molecular weight excluding hydrogens is 238 g/mol. The predicted molar refractivity (Wildman–Crippen MR) is 75.8 cm³/mol. The van der Waals surface area contributed by atoms with Gasteiger partial charge in [0.05, 0.1) is 17.6 Å². The van der Waals surface area contributed by atoms with Gasteiger partial charge < -0.3 is 9.72 Å². The number of nitrogens with zero attached hydrogens (tertiary/aromatic N) is 4. The first kappa shape index (κ1) is 11.8. The molecule has 3 aromatic rings. The SMILES string of the molecule is Cc1cnc2c(Nc3cnn(C(C)C)c3)cccn12. The zero-order valence-corrected chi connectivity index (χ0v) is 11.3. The molecular formula is C14H17N5. The van der Waals surface area contributed by atoms with Crippen LogP contribution in [0.25, 0.3) is 5.65 Å². The van der Waals surface area contributed by atoms with Crippen LogP contribution in [0.15, 0.2) is 36.9 Å². The van der Waals surface area contributed by atoms with Gasteiger partial charge in [-0.2, -0.15) is 5.10 Å². The van der Waals surface area contributed by atoms with Gasteiger partial charge in [-0.05, 0) is 32.9 Å². The van der Waals surface area contributed by atoms with Crippen molar-refractivity contribution in [2.24, 2.45) is 0 Å². The van der Waals surface area contributed by atoms with Gasteiger partial charge in [0.1, 0.15) is 0 Å². The van der Waals surface area contributed by atoms with Crippen molar-refractivity contribution in [3.63, 3.8) is 0 Å². The van der Waals surface area contributed by atoms with Gasteiger partial charge in [0.15, 0.2) is 5.65 Å². The van der Waals surface area contributed by atoms with Gasteiger partial charge >= 0.3 is 0 Å². The van der Waals surface area contributed by atoms with Crippen molar-refractivity contribution in [3.05, 3.63) is 42.6 Å². The maximum Gasteiger partial charge on any atom is 0.160 e. The van der Waals surface area contributed by atoms with Crippen LogP contribution in [0.1, 0.15) is 25.6 Å². The maximum atomic E-state index is 4.43. The monoisotopic (exact) mass is 255 g/mol. The van der Waals surface area contributed by atoms with E-state index >= 15 is 0 Å². The molecule has 3 aromatic heterocycles. The Balaban J connectivity index is 1.96. The minimum absolute atomic E-state index is 0.361. The van der Waals surface area contributed by atoms with E-state index < -0.39 is 0 Å². The molecule has 19 heavy (non-hydrogen) atoms. The van der Waals surface area contributed by atoms with Gasteiger partial charge in [0.2, 0.25) is 0 Å². The zero-order valence-electron chi connectivity index (χ0n) is 11.3. The molecule has 5 heteroatoms. The van der Waals surface area contributed by atoms with Crippen LogP contribution in [0.2, 0.25) is 0 Å². The van der Waals surface area contributed by atoms with E-state index in [-0.39, 0.29) is 0 Å². The molecule has 0 saturated heterocycles. The first-order valence-electron chi connectivity index (χ1n) is 6.39. The molecule has 0 spiro atoms. The Morgan fingerprint density at radius 2 is 2.11 bits per heavy atom. The highest BCUT2D eigenvalue weighted by atomic mass is 15.3. The molecule has 0 atom stereocenters. The fourth-order valence-corrected chi connectivity index (χ4v) is 2.07. The molecule has 0 aliphatic rings. The highest BCUT2D eigenvalue weighted by molar-refractivity contribution is 5.73. The third kappa shape index (κ3) is 2.07. The van der Waals surface area contributed by atoms with Gasteiger partial charge in [-0.15, -0.1) is 0 Å². The van der Waals surface area contributed by atoms with Crippen LogP contribution < -0.4 is 5.32 Å². The molecule has 0 radical (unpaired) electrons. The summed E-state index contributed by atoms with van der Waals surface area (Å²) in [7, 11) is 0. The number of nitrogens with one attached hydrogen (secondary N) is 1. The average Bonchev–Trinajstić information content (AvgIpc) is 2.98. The van der Waals surface area contributed by atoms with Crippen molar-refractivity contribution in [2.75, 3.05) is 5.32 Å². The fourth-order valence-electron chi connectivity index (χ4n) is 2.07. The van der Waals surface area contributed by atoms with Crippen LogP contribution in [-0.4, -0.2) is 19.2 Å². The zero-order chi connectivity index (χ0) is 13.4. The summed E-state index contributed by atoms with van der Waals surface area (Å²) in [4.78, 5) is 4.43. The molecule has 0 bridgehead atoms. The largest absolute Gasteiger partial charge is 0.350 e. The molecule has 0 amide bonds. The minimum Gasteiger partial charge on any atom is -0.350 e. The lowest BCUT2D eigenvalue weighted by molar-refractivity contribution is 0.532. The number of hydrogen-bond acceptors (Lipinski definition) is 3. The fraction of sp³-hybridized carbons (Fsp3) is 0.286. The number of pyridine rings is 1. The van der Waals surface area contributed by atoms with E-state index in [2.05, 4.69) is 33.6 Å². The first-order chi connectivity index (χ1) is 9.15. The lowest BCUT2D eigenvalue weighted by Crippen LogP contribution is -2.00. The highest BCUT2D eigenvalue weighted by Gasteiger charge is 2.07. The quantitative estimate of drug-likeness (QED) is 0.782. The number of aryl methyl sites for hydroxylation is 1. The summed E-state index contributed by atoms with van der Waals surface area (Å²) >= 11 is 0. The van der Waals surface area contributed by atoms with Crippen LogP contribution in [0.4, 0.5) is 11.4 Å². The molecule has 3 heterocycles. The summed E-state index contributed by atoms with van der Waals surface area (Å²) in [5, 5.41) is 7.69. The number of rotatable bonds is 3. The van der Waals surface area contributed by atoms with Gasteiger partial charge in [0.25, 0.3) is 0 Å². The van der Waals surface area contributed by atoms with Crippen LogP contribution >= 0.6 is 0 Å². The van der Waals surface area contributed by atoms with Crippen molar-refractivity contribution in [1.29, 1.82) is 0 Å². The van der Waals surface area contributed by atoms with Crippen molar-refractivity contribution in [3.8, 4) is 0 Å². The Bertz CT molecular complexity index is 708. The second kappa shape index (κ2) is 4.42. The summed E-state index contributed by atoms with van der Waals surface area (Å²) in [5.74, 6) is 0. The van der Waals surface area contributed by atoms with E-state index in [4.69, 9.17) is 0 Å². The Morgan fingerprint density at radius 1 is 1.26 bits per heavy atom. The van der Waals surface area contributed by atoms with Crippen molar-refractivity contribution in [2.45, 2.75) is 26.8 Å². The van der Waals surface area contributed by atoms with Crippen LogP contribution in [0.5, 0.6) is 0 Å². The molecule has 3 rings (SSSR count). The standard InChI is InChI=1S/C14H17N5/c1-10(2)19-9-12(8-16-19)17-13-5-4-6-18-11(3)7-15-14(13)18/h4-10,17H,1-3H3. The molecule has 0 aliphatic carbocycles. The van der Waals surface area contributed by atoms with E-state index in [1.807, 2.05) is 48.5 Å². The van der Waals surface area contributed by atoms with Gasteiger partial charge in [-0.1, -0.05) is 0 Å². The molecule has 0 aliphatic heterocycles. The molecule has 98 valence electrons. The third-order valence-electron chi connectivity index (χ3n) is 3.13. The van der Waals surface area contributed by atoms with Gasteiger partial charge in [-0.25, -0.2) is 4.98 Å². The molecule has 1 N–H and O–H groups in total. The molecule has 0 fully saturated rings. The van der Waals surface area contributed by atoms with Crippen LogP contribution in [-0.2, 0) is 0 Å². The average molecular weight is 255 g/mol. The molecule has 0 aromatic carbocycles. The highest BCUT2D eigenvalue weighted by Crippen LogP contribution is 2.21. The van der Waals surface area contributed by atoms with E-state index in [1.165, 1.54) is 0 Å². The Labute approximate surface area is 111 Å². The minimum atomic E-state index is 0.361. The molecule has 0 unspecified atom stereocenters. The lowest BCUT2D eigenvalue weighted by atomic mass is 10.3. The maximum absolute atomic E-state index is 4.43. The number of fused-ring (bicyclic) bond motifs is 1. The summed E-state index contributed by atoms with van der Waals surface area (Å²) in [6, 6.07) is 4.39. The van der Waals surface area contributed by atoms with E-state index in [0.29, 0.717) is 6.04 Å². The predicted octanol–water partition coefficient (Wildman–Crippen LogP) is 3.16. The Kier molecular flexibility index (Phi) is 2.74. The smallest absolute Gasteiger partial charge is 0.160 e. The van der Waals surface area contributed by atoms with E-state index in [9.17, 15) is 0 Å². The van der Waals surface area contributed by atoms with E-state index in [0.717, 1.165) is 22.7 Å². The molecule has 5 nitrogen and oxygen atoms in total.